The molecule has 1 N–H and O–H groups in total. The van der Waals surface area contributed by atoms with E-state index in [1.54, 1.807) is 0 Å². The van der Waals surface area contributed by atoms with E-state index >= 15 is 0 Å². The van der Waals surface area contributed by atoms with Gasteiger partial charge in [0.1, 0.15) is 12.1 Å². The number of rotatable bonds is 3. The Balaban J connectivity index is 2.16. The molecular weight excluding hydrogens is 206 g/mol. The number of aliphatic imine (C=N–C) groups is 1. The third-order valence-corrected chi connectivity index (χ3v) is 2.53. The van der Waals surface area contributed by atoms with Gasteiger partial charge in [0.15, 0.2) is 0 Å². The summed E-state index contributed by atoms with van der Waals surface area (Å²) in [7, 11) is 0. The monoisotopic (exact) mass is 219 g/mol. The summed E-state index contributed by atoms with van der Waals surface area (Å²) in [4.78, 5) is 14.9. The summed E-state index contributed by atoms with van der Waals surface area (Å²) in [5.74, 6) is -0.308. The molecule has 0 amide bonds. The standard InChI is InChI=1S/C12H13NO3/c1-8-10(7-11(14)15)13-12(16-8)9-5-3-2-4-6-9/h2-6,8,10H,7H2,1H3,(H,14,15)/t8-,10+/m1/s1. The van der Waals surface area contributed by atoms with Crippen molar-refractivity contribution >= 4 is 11.9 Å². The van der Waals surface area contributed by atoms with E-state index in [4.69, 9.17) is 9.84 Å². The average molecular weight is 219 g/mol. The predicted octanol–water partition coefficient (Wildman–Crippen LogP) is 1.70. The molecule has 0 saturated heterocycles. The minimum absolute atomic E-state index is 0.0114. The molecule has 1 aliphatic heterocycles. The first-order valence-electron chi connectivity index (χ1n) is 5.18. The molecule has 1 heterocycles. The quantitative estimate of drug-likeness (QED) is 0.841. The average Bonchev–Trinajstić information content (AvgIpc) is 2.61. The van der Waals surface area contributed by atoms with E-state index in [0.29, 0.717) is 5.90 Å². The van der Waals surface area contributed by atoms with Gasteiger partial charge >= 0.3 is 5.97 Å². The van der Waals surface area contributed by atoms with Gasteiger partial charge in [-0.25, -0.2) is 4.99 Å². The first kappa shape index (κ1) is 10.7. The van der Waals surface area contributed by atoms with Crippen LogP contribution in [0, 0.1) is 0 Å². The van der Waals surface area contributed by atoms with Gasteiger partial charge in [-0.15, -0.1) is 0 Å². The largest absolute Gasteiger partial charge is 0.481 e. The summed E-state index contributed by atoms with van der Waals surface area (Å²) in [6.45, 7) is 1.84. The maximum atomic E-state index is 10.6. The molecule has 4 heteroatoms. The Kier molecular flexibility index (Phi) is 2.90. The Bertz CT molecular complexity index is 414. The molecule has 2 atom stereocenters. The van der Waals surface area contributed by atoms with Crippen molar-refractivity contribution in [3.63, 3.8) is 0 Å². The molecule has 1 aromatic rings. The summed E-state index contributed by atoms with van der Waals surface area (Å²) >= 11 is 0. The Hall–Kier alpha value is -1.84. The Morgan fingerprint density at radius 2 is 2.12 bits per heavy atom. The molecule has 0 bridgehead atoms. The zero-order valence-corrected chi connectivity index (χ0v) is 8.96. The van der Waals surface area contributed by atoms with Gasteiger partial charge in [-0.05, 0) is 19.1 Å². The van der Waals surface area contributed by atoms with E-state index in [1.165, 1.54) is 0 Å². The number of carboxylic acids is 1. The van der Waals surface area contributed by atoms with Crippen LogP contribution in [0.3, 0.4) is 0 Å². The molecule has 0 saturated carbocycles. The summed E-state index contributed by atoms with van der Waals surface area (Å²) in [5, 5.41) is 8.72. The number of benzene rings is 1. The first-order valence-corrected chi connectivity index (χ1v) is 5.18. The highest BCUT2D eigenvalue weighted by molar-refractivity contribution is 5.95. The molecule has 0 unspecified atom stereocenters. The van der Waals surface area contributed by atoms with E-state index in [0.717, 1.165) is 5.56 Å². The fourth-order valence-electron chi connectivity index (χ4n) is 1.65. The lowest BCUT2D eigenvalue weighted by Crippen LogP contribution is -2.21. The van der Waals surface area contributed by atoms with E-state index < -0.39 is 5.97 Å². The van der Waals surface area contributed by atoms with Gasteiger partial charge < -0.3 is 9.84 Å². The molecule has 0 aliphatic carbocycles. The zero-order valence-electron chi connectivity index (χ0n) is 8.96. The summed E-state index contributed by atoms with van der Waals surface area (Å²) in [5.41, 5.74) is 0.891. The third kappa shape index (κ3) is 2.21. The van der Waals surface area contributed by atoms with Crippen LogP contribution in [-0.2, 0) is 9.53 Å². The summed E-state index contributed by atoms with van der Waals surface area (Å²) in [6, 6.07) is 9.22. The molecular formula is C12H13NO3. The highest BCUT2D eigenvalue weighted by atomic mass is 16.5. The van der Waals surface area contributed by atoms with Crippen molar-refractivity contribution < 1.29 is 14.6 Å². The van der Waals surface area contributed by atoms with Gasteiger partial charge in [0.25, 0.3) is 0 Å². The van der Waals surface area contributed by atoms with Crippen molar-refractivity contribution in [3.8, 4) is 0 Å². The summed E-state index contributed by atoms with van der Waals surface area (Å²) < 4.78 is 5.55. The van der Waals surface area contributed by atoms with Gasteiger partial charge in [-0.2, -0.15) is 0 Å². The number of carboxylic acid groups (broad SMARTS) is 1. The van der Waals surface area contributed by atoms with Crippen molar-refractivity contribution in [1.82, 2.24) is 0 Å². The van der Waals surface area contributed by atoms with Crippen LogP contribution >= 0.6 is 0 Å². The van der Waals surface area contributed by atoms with Crippen LogP contribution in [0.25, 0.3) is 0 Å². The minimum atomic E-state index is -0.849. The molecule has 0 spiro atoms. The maximum Gasteiger partial charge on any atom is 0.305 e. The number of nitrogens with zero attached hydrogens (tertiary/aromatic N) is 1. The van der Waals surface area contributed by atoms with Gasteiger partial charge in [-0.3, -0.25) is 4.79 Å². The van der Waals surface area contributed by atoms with Crippen molar-refractivity contribution in [2.45, 2.75) is 25.5 Å². The fourth-order valence-corrected chi connectivity index (χ4v) is 1.65. The summed E-state index contributed by atoms with van der Waals surface area (Å²) in [6.07, 6.45) is -0.163. The Labute approximate surface area is 93.6 Å². The van der Waals surface area contributed by atoms with Gasteiger partial charge in [0.2, 0.25) is 5.90 Å². The zero-order chi connectivity index (χ0) is 11.5. The highest BCUT2D eigenvalue weighted by Crippen LogP contribution is 2.20. The van der Waals surface area contributed by atoms with Crippen molar-refractivity contribution in [2.24, 2.45) is 4.99 Å². The number of ether oxygens (including phenoxy) is 1. The van der Waals surface area contributed by atoms with Crippen LogP contribution in [0.2, 0.25) is 0 Å². The lowest BCUT2D eigenvalue weighted by Gasteiger charge is -2.09. The first-order chi connectivity index (χ1) is 7.66. The smallest absolute Gasteiger partial charge is 0.305 e. The van der Waals surface area contributed by atoms with E-state index in [2.05, 4.69) is 4.99 Å². The number of carbonyl (C=O) groups is 1. The number of hydrogen-bond donors (Lipinski definition) is 1. The molecule has 0 fully saturated rings. The van der Waals surface area contributed by atoms with Crippen LogP contribution in [0.15, 0.2) is 35.3 Å². The van der Waals surface area contributed by atoms with Crippen molar-refractivity contribution in [1.29, 1.82) is 0 Å². The van der Waals surface area contributed by atoms with Gasteiger partial charge in [0.05, 0.1) is 6.42 Å². The van der Waals surface area contributed by atoms with E-state index in [1.807, 2.05) is 37.3 Å². The van der Waals surface area contributed by atoms with Crippen LogP contribution in [0.4, 0.5) is 0 Å². The number of hydrogen-bond acceptors (Lipinski definition) is 3. The predicted molar refractivity (Wildman–Crippen MR) is 59.6 cm³/mol. The Morgan fingerprint density at radius 3 is 2.75 bits per heavy atom. The molecule has 84 valence electrons. The molecule has 0 aromatic heterocycles. The van der Waals surface area contributed by atoms with Crippen molar-refractivity contribution in [3.05, 3.63) is 35.9 Å². The molecule has 16 heavy (non-hydrogen) atoms. The lowest BCUT2D eigenvalue weighted by atomic mass is 10.1. The Morgan fingerprint density at radius 1 is 1.44 bits per heavy atom. The molecule has 2 rings (SSSR count). The molecule has 4 nitrogen and oxygen atoms in total. The van der Waals surface area contributed by atoms with E-state index in [9.17, 15) is 4.79 Å². The molecule has 1 aromatic carbocycles. The van der Waals surface area contributed by atoms with Crippen LogP contribution in [0.5, 0.6) is 0 Å². The normalized spacial score (nSPS) is 23.7. The van der Waals surface area contributed by atoms with Crippen LogP contribution in [-0.4, -0.2) is 29.1 Å². The highest BCUT2D eigenvalue weighted by Gasteiger charge is 2.29. The number of aliphatic carboxylic acids is 1. The van der Waals surface area contributed by atoms with Gasteiger partial charge in [-0.1, -0.05) is 18.2 Å². The van der Waals surface area contributed by atoms with Gasteiger partial charge in [0, 0.05) is 5.56 Å². The second kappa shape index (κ2) is 4.35. The van der Waals surface area contributed by atoms with E-state index in [-0.39, 0.29) is 18.6 Å². The second-order valence-corrected chi connectivity index (χ2v) is 3.79. The fraction of sp³-hybridized carbons (Fsp3) is 0.333. The van der Waals surface area contributed by atoms with Crippen molar-refractivity contribution in [2.75, 3.05) is 0 Å². The lowest BCUT2D eigenvalue weighted by molar-refractivity contribution is -0.137. The SMILES string of the molecule is C[C@H]1OC(c2ccccc2)=N[C@H]1CC(=O)O. The third-order valence-electron chi connectivity index (χ3n) is 2.53. The molecule has 0 radical (unpaired) electrons. The van der Waals surface area contributed by atoms with Crippen LogP contribution < -0.4 is 0 Å². The molecule has 1 aliphatic rings. The topological polar surface area (TPSA) is 58.9 Å². The van der Waals surface area contributed by atoms with Crippen LogP contribution in [0.1, 0.15) is 18.9 Å². The minimum Gasteiger partial charge on any atom is -0.481 e. The maximum absolute atomic E-state index is 10.6. The second-order valence-electron chi connectivity index (χ2n) is 3.79.